The summed E-state index contributed by atoms with van der Waals surface area (Å²) in [7, 11) is 0. The SMILES string of the molecule is CCNC(=O)OCC(F)(F)OC(F)(F)OC(F)(F)COCCO. The van der Waals surface area contributed by atoms with Gasteiger partial charge in [0.05, 0.1) is 13.2 Å². The van der Waals surface area contributed by atoms with Crippen molar-refractivity contribution in [2.75, 3.05) is 33.0 Å². The maximum absolute atomic E-state index is 13.0. The molecule has 2 N–H and O–H groups in total. The van der Waals surface area contributed by atoms with Gasteiger partial charge in [-0.3, -0.25) is 0 Å². The molecule has 0 atom stereocenters. The van der Waals surface area contributed by atoms with Crippen molar-refractivity contribution in [3.05, 3.63) is 0 Å². The van der Waals surface area contributed by atoms with Gasteiger partial charge in [-0.25, -0.2) is 14.3 Å². The summed E-state index contributed by atoms with van der Waals surface area (Å²) < 4.78 is 91.2. The molecular formula is C10H15F6NO6. The third-order valence-electron chi connectivity index (χ3n) is 1.73. The van der Waals surface area contributed by atoms with Gasteiger partial charge < -0.3 is 19.9 Å². The minimum Gasteiger partial charge on any atom is -0.440 e. The van der Waals surface area contributed by atoms with E-state index >= 15 is 0 Å². The van der Waals surface area contributed by atoms with Crippen LogP contribution in [0, 0.1) is 0 Å². The molecule has 0 unspecified atom stereocenters. The number of hydrogen-bond donors (Lipinski definition) is 2. The molecule has 138 valence electrons. The van der Waals surface area contributed by atoms with E-state index in [9.17, 15) is 31.1 Å². The highest BCUT2D eigenvalue weighted by atomic mass is 19.3. The first-order valence-corrected chi connectivity index (χ1v) is 6.06. The number of ether oxygens (including phenoxy) is 4. The quantitative estimate of drug-likeness (QED) is 0.330. The van der Waals surface area contributed by atoms with Gasteiger partial charge in [-0.15, -0.1) is 8.78 Å². The number of carbonyl (C=O) groups excluding carboxylic acids is 1. The average Bonchev–Trinajstić information content (AvgIpc) is 2.34. The van der Waals surface area contributed by atoms with Crippen LogP contribution >= 0.6 is 0 Å². The topological polar surface area (TPSA) is 86.3 Å². The summed E-state index contributed by atoms with van der Waals surface area (Å²) in [6, 6.07) is 0. The molecule has 13 heteroatoms. The third kappa shape index (κ3) is 11.0. The predicted octanol–water partition coefficient (Wildman–Crippen LogP) is 1.51. The fourth-order valence-corrected chi connectivity index (χ4v) is 1.03. The van der Waals surface area contributed by atoms with Gasteiger partial charge in [-0.1, -0.05) is 0 Å². The van der Waals surface area contributed by atoms with E-state index in [0.29, 0.717) is 0 Å². The highest BCUT2D eigenvalue weighted by Gasteiger charge is 2.52. The lowest BCUT2D eigenvalue weighted by Gasteiger charge is -2.26. The summed E-state index contributed by atoms with van der Waals surface area (Å²) in [5, 5.41) is 10.2. The molecule has 7 nitrogen and oxygen atoms in total. The summed E-state index contributed by atoms with van der Waals surface area (Å²) in [4.78, 5) is 10.7. The van der Waals surface area contributed by atoms with Crippen molar-refractivity contribution < 1.29 is 55.2 Å². The molecule has 1 amide bonds. The fourth-order valence-electron chi connectivity index (χ4n) is 1.03. The Kier molecular flexibility index (Phi) is 8.58. The lowest BCUT2D eigenvalue weighted by molar-refractivity contribution is -0.517. The Morgan fingerprint density at radius 3 is 2.04 bits per heavy atom. The van der Waals surface area contributed by atoms with E-state index in [1.54, 1.807) is 0 Å². The van der Waals surface area contributed by atoms with Crippen molar-refractivity contribution in [3.8, 4) is 0 Å². The predicted molar refractivity (Wildman–Crippen MR) is 59.9 cm³/mol. The third-order valence-corrected chi connectivity index (χ3v) is 1.73. The van der Waals surface area contributed by atoms with E-state index in [2.05, 4.69) is 18.9 Å². The normalized spacial score (nSPS) is 13.0. The molecule has 0 spiro atoms. The highest BCUT2D eigenvalue weighted by Crippen LogP contribution is 2.33. The molecule has 0 radical (unpaired) electrons. The molecule has 0 aromatic carbocycles. The van der Waals surface area contributed by atoms with Gasteiger partial charge >= 0.3 is 24.6 Å². The second-order valence-corrected chi connectivity index (χ2v) is 3.82. The number of hydrogen-bond acceptors (Lipinski definition) is 6. The van der Waals surface area contributed by atoms with Crippen molar-refractivity contribution >= 4 is 6.09 Å². The first kappa shape index (κ1) is 21.7. The second kappa shape index (κ2) is 9.10. The molecule has 0 aliphatic heterocycles. The van der Waals surface area contributed by atoms with E-state index in [1.807, 2.05) is 5.32 Å². The Labute approximate surface area is 126 Å². The summed E-state index contributed by atoms with van der Waals surface area (Å²) in [6.07, 6.45) is -16.2. The van der Waals surface area contributed by atoms with Crippen molar-refractivity contribution in [2.45, 2.75) is 25.4 Å². The zero-order chi connectivity index (χ0) is 18.1. The number of carbonyl (C=O) groups is 1. The van der Waals surface area contributed by atoms with Crippen LogP contribution in [0.25, 0.3) is 0 Å². The van der Waals surface area contributed by atoms with E-state index in [1.165, 1.54) is 6.92 Å². The van der Waals surface area contributed by atoms with E-state index in [0.717, 1.165) is 0 Å². The van der Waals surface area contributed by atoms with Gasteiger partial charge in [0.25, 0.3) is 0 Å². The second-order valence-electron chi connectivity index (χ2n) is 3.82. The molecule has 0 heterocycles. The van der Waals surface area contributed by atoms with Crippen molar-refractivity contribution in [3.63, 3.8) is 0 Å². The molecule has 0 rings (SSSR count). The standard InChI is InChI=1S/C10H15F6NO6/c1-2-17-7(19)21-6-9(13,14)23-10(15,16)22-8(11,12)5-20-4-3-18/h18H,2-6H2,1H3,(H,17,19). The Hall–Kier alpha value is -1.31. The summed E-state index contributed by atoms with van der Waals surface area (Å²) in [5.74, 6) is 0. The number of rotatable bonds is 11. The van der Waals surface area contributed by atoms with Crippen LogP contribution in [0.15, 0.2) is 0 Å². The first-order valence-electron chi connectivity index (χ1n) is 6.06. The number of alkyl carbamates (subject to hydrolysis) is 1. The molecule has 0 bridgehead atoms. The Morgan fingerprint density at radius 2 is 1.57 bits per heavy atom. The van der Waals surface area contributed by atoms with Gasteiger partial charge in [0, 0.05) is 6.54 Å². The van der Waals surface area contributed by atoms with Crippen LogP contribution < -0.4 is 5.32 Å². The number of aliphatic hydroxyl groups excluding tert-OH is 1. The largest absolute Gasteiger partial charge is 0.495 e. The van der Waals surface area contributed by atoms with Crippen LogP contribution in [0.1, 0.15) is 6.92 Å². The molecule has 0 aromatic rings. The molecular weight excluding hydrogens is 344 g/mol. The molecule has 0 aliphatic rings. The minimum atomic E-state index is -5.40. The summed E-state index contributed by atoms with van der Waals surface area (Å²) in [5.41, 5.74) is 0. The zero-order valence-electron chi connectivity index (χ0n) is 11.8. The average molecular weight is 359 g/mol. The van der Waals surface area contributed by atoms with Gasteiger partial charge in [0.1, 0.15) is 6.61 Å². The first-order chi connectivity index (χ1) is 10.4. The maximum atomic E-state index is 13.0. The van der Waals surface area contributed by atoms with Gasteiger partial charge in [-0.2, -0.15) is 17.6 Å². The minimum absolute atomic E-state index is 0.0184. The zero-order valence-corrected chi connectivity index (χ0v) is 11.8. The number of nitrogens with one attached hydrogen (secondary N) is 1. The molecule has 0 saturated carbocycles. The van der Waals surface area contributed by atoms with Crippen molar-refractivity contribution in [2.24, 2.45) is 0 Å². The lowest BCUT2D eigenvalue weighted by Crippen LogP contribution is -2.44. The van der Waals surface area contributed by atoms with Crippen LogP contribution in [0.2, 0.25) is 0 Å². The summed E-state index contributed by atoms with van der Waals surface area (Å²) >= 11 is 0. The Morgan fingerprint density at radius 1 is 1.04 bits per heavy atom. The van der Waals surface area contributed by atoms with Gasteiger partial charge in [0.15, 0.2) is 6.61 Å². The highest BCUT2D eigenvalue weighted by molar-refractivity contribution is 5.66. The van der Waals surface area contributed by atoms with Gasteiger partial charge in [0.2, 0.25) is 0 Å². The van der Waals surface area contributed by atoms with E-state index in [4.69, 9.17) is 5.11 Å². The van der Waals surface area contributed by atoms with E-state index in [-0.39, 0.29) is 6.54 Å². The fraction of sp³-hybridized carbons (Fsp3) is 0.900. The monoisotopic (exact) mass is 359 g/mol. The smallest absolute Gasteiger partial charge is 0.440 e. The Bertz CT molecular complexity index is 370. The number of halogens is 6. The lowest BCUT2D eigenvalue weighted by atomic mass is 10.6. The number of aliphatic hydroxyl groups is 1. The molecule has 23 heavy (non-hydrogen) atoms. The summed E-state index contributed by atoms with van der Waals surface area (Å²) in [6.45, 7) is -3.51. The molecule has 0 aromatic heterocycles. The van der Waals surface area contributed by atoms with E-state index < -0.39 is 51.0 Å². The molecule has 0 fully saturated rings. The van der Waals surface area contributed by atoms with Crippen LogP contribution in [0.3, 0.4) is 0 Å². The molecule has 0 aliphatic carbocycles. The van der Waals surface area contributed by atoms with Crippen molar-refractivity contribution in [1.29, 1.82) is 0 Å². The maximum Gasteiger partial charge on any atom is 0.495 e. The van der Waals surface area contributed by atoms with Crippen LogP contribution in [0.4, 0.5) is 31.1 Å². The van der Waals surface area contributed by atoms with Gasteiger partial charge in [-0.05, 0) is 6.92 Å². The van der Waals surface area contributed by atoms with Crippen LogP contribution in [0.5, 0.6) is 0 Å². The number of alkyl halides is 6. The Balaban J connectivity index is 4.48. The van der Waals surface area contributed by atoms with Crippen LogP contribution in [-0.4, -0.2) is 62.7 Å². The van der Waals surface area contributed by atoms with Crippen molar-refractivity contribution in [1.82, 2.24) is 5.32 Å². The molecule has 0 saturated heterocycles. The number of amides is 1. The van der Waals surface area contributed by atoms with Crippen LogP contribution in [-0.2, 0) is 18.9 Å².